The van der Waals surface area contributed by atoms with Gasteiger partial charge in [-0.2, -0.15) is 0 Å². The van der Waals surface area contributed by atoms with Crippen molar-refractivity contribution in [2.45, 2.75) is 20.0 Å². The number of carbonyl (C=O) groups excluding carboxylic acids is 2. The lowest BCUT2D eigenvalue weighted by atomic mass is 10.2. The zero-order valence-corrected chi connectivity index (χ0v) is 10.3. The van der Waals surface area contributed by atoms with E-state index in [1.807, 2.05) is 13.8 Å². The van der Waals surface area contributed by atoms with Gasteiger partial charge in [0.2, 0.25) is 5.91 Å². The lowest BCUT2D eigenvalue weighted by Gasteiger charge is -2.10. The second kappa shape index (κ2) is 6.61. The molecule has 0 aliphatic carbocycles. The summed E-state index contributed by atoms with van der Waals surface area (Å²) in [4.78, 5) is 26.7. The van der Waals surface area contributed by atoms with E-state index >= 15 is 0 Å². The van der Waals surface area contributed by atoms with Crippen LogP contribution in [0.2, 0.25) is 0 Å². The van der Waals surface area contributed by atoms with Gasteiger partial charge in [-0.1, -0.05) is 6.07 Å². The van der Waals surface area contributed by atoms with Crippen molar-refractivity contribution in [1.29, 1.82) is 0 Å². The number of primary amides is 1. The zero-order chi connectivity index (χ0) is 13.5. The topological polar surface area (TPSA) is 90.7 Å². The highest BCUT2D eigenvalue weighted by atomic mass is 16.7. The van der Waals surface area contributed by atoms with Gasteiger partial charge in [0, 0.05) is 5.56 Å². The molecule has 3 N–H and O–H groups in total. The van der Waals surface area contributed by atoms with Crippen LogP contribution >= 0.6 is 0 Å². The van der Waals surface area contributed by atoms with Crippen LogP contribution < -0.4 is 16.0 Å². The van der Waals surface area contributed by atoms with Gasteiger partial charge >= 0.3 is 0 Å². The van der Waals surface area contributed by atoms with E-state index in [1.54, 1.807) is 24.3 Å². The van der Waals surface area contributed by atoms with Crippen LogP contribution in [-0.2, 0) is 9.63 Å². The Kier molecular flexibility index (Phi) is 5.13. The van der Waals surface area contributed by atoms with Crippen LogP contribution in [0.15, 0.2) is 24.3 Å². The number of hydrogen-bond acceptors (Lipinski definition) is 4. The summed E-state index contributed by atoms with van der Waals surface area (Å²) < 4.78 is 5.45. The van der Waals surface area contributed by atoms with Crippen LogP contribution in [0.3, 0.4) is 0 Å². The summed E-state index contributed by atoms with van der Waals surface area (Å²) in [5.74, 6) is -0.537. The maximum Gasteiger partial charge on any atom is 0.274 e. The van der Waals surface area contributed by atoms with Crippen LogP contribution in [0.4, 0.5) is 0 Å². The summed E-state index contributed by atoms with van der Waals surface area (Å²) in [6, 6.07) is 6.64. The van der Waals surface area contributed by atoms with Crippen LogP contribution in [-0.4, -0.2) is 24.5 Å². The minimum Gasteiger partial charge on any atom is -0.491 e. The van der Waals surface area contributed by atoms with E-state index in [-0.39, 0.29) is 12.7 Å². The molecule has 0 saturated heterocycles. The Morgan fingerprint density at radius 2 is 2.11 bits per heavy atom. The first kappa shape index (κ1) is 14.0. The Balaban J connectivity index is 2.59. The van der Waals surface area contributed by atoms with Gasteiger partial charge in [-0.3, -0.25) is 14.4 Å². The van der Waals surface area contributed by atoms with Crippen molar-refractivity contribution in [2.24, 2.45) is 5.73 Å². The number of carbonyl (C=O) groups is 2. The largest absolute Gasteiger partial charge is 0.491 e. The number of nitrogens with one attached hydrogen (secondary N) is 1. The molecule has 0 radical (unpaired) electrons. The highest BCUT2D eigenvalue weighted by molar-refractivity contribution is 5.93. The smallest absolute Gasteiger partial charge is 0.274 e. The van der Waals surface area contributed by atoms with Crippen molar-refractivity contribution in [3.63, 3.8) is 0 Å². The van der Waals surface area contributed by atoms with Crippen molar-refractivity contribution in [3.05, 3.63) is 29.8 Å². The lowest BCUT2D eigenvalue weighted by molar-refractivity contribution is -0.124. The van der Waals surface area contributed by atoms with Gasteiger partial charge in [-0.05, 0) is 32.0 Å². The summed E-state index contributed by atoms with van der Waals surface area (Å²) in [6.07, 6.45) is 0.0226. The monoisotopic (exact) mass is 252 g/mol. The van der Waals surface area contributed by atoms with Gasteiger partial charge in [0.25, 0.3) is 5.91 Å². The van der Waals surface area contributed by atoms with E-state index < -0.39 is 11.8 Å². The Labute approximate surface area is 105 Å². The van der Waals surface area contributed by atoms with E-state index in [0.29, 0.717) is 11.3 Å². The van der Waals surface area contributed by atoms with Crippen LogP contribution in [0.1, 0.15) is 24.2 Å². The SMILES string of the molecule is CC(C)Oc1cccc(C(=O)NOCC(N)=O)c1. The molecule has 98 valence electrons. The minimum absolute atomic E-state index is 0.0226. The number of hydroxylamine groups is 1. The molecule has 1 aromatic rings. The molecule has 0 saturated carbocycles. The Morgan fingerprint density at radius 1 is 1.39 bits per heavy atom. The molecule has 0 heterocycles. The fourth-order valence-electron chi connectivity index (χ4n) is 1.21. The molecule has 0 aliphatic rings. The summed E-state index contributed by atoms with van der Waals surface area (Å²) in [5, 5.41) is 0. The van der Waals surface area contributed by atoms with Gasteiger partial charge in [0.1, 0.15) is 5.75 Å². The number of amides is 2. The molecule has 6 nitrogen and oxygen atoms in total. The second-order valence-corrected chi connectivity index (χ2v) is 3.88. The predicted molar refractivity (Wildman–Crippen MR) is 64.8 cm³/mol. The lowest BCUT2D eigenvalue weighted by Crippen LogP contribution is -2.29. The van der Waals surface area contributed by atoms with Crippen molar-refractivity contribution in [3.8, 4) is 5.75 Å². The van der Waals surface area contributed by atoms with Crippen molar-refractivity contribution in [1.82, 2.24) is 5.48 Å². The molecule has 18 heavy (non-hydrogen) atoms. The van der Waals surface area contributed by atoms with E-state index in [9.17, 15) is 9.59 Å². The number of nitrogens with two attached hydrogens (primary N) is 1. The van der Waals surface area contributed by atoms with Crippen molar-refractivity contribution < 1.29 is 19.2 Å². The van der Waals surface area contributed by atoms with Crippen LogP contribution in [0.25, 0.3) is 0 Å². The third-order valence-corrected chi connectivity index (χ3v) is 1.85. The second-order valence-electron chi connectivity index (χ2n) is 3.88. The Morgan fingerprint density at radius 3 is 2.72 bits per heavy atom. The molecule has 0 spiro atoms. The zero-order valence-electron chi connectivity index (χ0n) is 10.3. The third-order valence-electron chi connectivity index (χ3n) is 1.85. The first-order chi connectivity index (χ1) is 8.49. The van der Waals surface area contributed by atoms with Gasteiger partial charge in [-0.25, -0.2) is 5.48 Å². The molecular weight excluding hydrogens is 236 g/mol. The van der Waals surface area contributed by atoms with E-state index in [4.69, 9.17) is 10.5 Å². The number of rotatable bonds is 6. The average molecular weight is 252 g/mol. The standard InChI is InChI=1S/C12H16N2O4/c1-8(2)18-10-5-3-4-9(6-10)12(16)14-17-7-11(13)15/h3-6,8H,7H2,1-2H3,(H2,13,15)(H,14,16). The van der Waals surface area contributed by atoms with Gasteiger partial charge in [0.15, 0.2) is 6.61 Å². The Hall–Kier alpha value is -2.08. The highest BCUT2D eigenvalue weighted by Crippen LogP contribution is 2.14. The molecule has 1 rings (SSSR count). The summed E-state index contributed by atoms with van der Waals surface area (Å²) in [7, 11) is 0. The highest BCUT2D eigenvalue weighted by Gasteiger charge is 2.08. The molecule has 2 amide bonds. The van der Waals surface area contributed by atoms with Crippen LogP contribution in [0, 0.1) is 0 Å². The number of benzene rings is 1. The summed E-state index contributed by atoms with van der Waals surface area (Å²) >= 11 is 0. The molecule has 0 unspecified atom stereocenters. The molecule has 0 aliphatic heterocycles. The molecule has 1 aromatic carbocycles. The molecule has 6 heteroatoms. The fourth-order valence-corrected chi connectivity index (χ4v) is 1.21. The summed E-state index contributed by atoms with van der Waals surface area (Å²) in [5.41, 5.74) is 7.35. The van der Waals surface area contributed by atoms with Crippen LogP contribution in [0.5, 0.6) is 5.75 Å². The first-order valence-electron chi connectivity index (χ1n) is 5.46. The quantitative estimate of drug-likeness (QED) is 0.726. The Bertz CT molecular complexity index is 432. The normalized spacial score (nSPS) is 10.2. The minimum atomic E-state index is -0.660. The molecular formula is C12H16N2O4. The van der Waals surface area contributed by atoms with Gasteiger partial charge in [-0.15, -0.1) is 0 Å². The molecule has 0 atom stereocenters. The summed E-state index contributed by atoms with van der Waals surface area (Å²) in [6.45, 7) is 3.42. The van der Waals surface area contributed by atoms with Crippen molar-refractivity contribution in [2.75, 3.05) is 6.61 Å². The fraction of sp³-hybridized carbons (Fsp3) is 0.333. The molecule has 0 aromatic heterocycles. The third kappa shape index (κ3) is 4.84. The van der Waals surface area contributed by atoms with Gasteiger partial charge in [0.05, 0.1) is 6.10 Å². The maximum atomic E-state index is 11.6. The first-order valence-corrected chi connectivity index (χ1v) is 5.46. The van der Waals surface area contributed by atoms with E-state index in [2.05, 4.69) is 10.3 Å². The van der Waals surface area contributed by atoms with Gasteiger partial charge < -0.3 is 10.5 Å². The maximum absolute atomic E-state index is 11.6. The number of hydrogen-bond donors (Lipinski definition) is 2. The van der Waals surface area contributed by atoms with E-state index in [0.717, 1.165) is 0 Å². The predicted octanol–water partition coefficient (Wildman–Crippen LogP) is 0.621. The van der Waals surface area contributed by atoms with E-state index in [1.165, 1.54) is 0 Å². The molecule has 0 fully saturated rings. The van der Waals surface area contributed by atoms with Crippen molar-refractivity contribution >= 4 is 11.8 Å². The molecule has 0 bridgehead atoms. The number of ether oxygens (including phenoxy) is 1. The average Bonchev–Trinajstić information content (AvgIpc) is 2.27.